The third kappa shape index (κ3) is 4.73. The molecule has 0 radical (unpaired) electrons. The average Bonchev–Trinajstić information content (AvgIpc) is 3.40. The third-order valence-electron chi connectivity index (χ3n) is 6.38. The molecule has 0 spiro atoms. The minimum absolute atomic E-state index is 0.438. The highest BCUT2D eigenvalue weighted by Gasteiger charge is 2.27. The molecule has 4 heterocycles. The lowest BCUT2D eigenvalue weighted by atomic mass is 9.90. The maximum atomic E-state index is 5.52. The van der Waals surface area contributed by atoms with E-state index >= 15 is 0 Å². The first-order valence-electron chi connectivity index (χ1n) is 11.4. The molecule has 0 atom stereocenters. The normalized spacial score (nSPS) is 22.8. The molecule has 0 unspecified atom stereocenters. The number of hydrogen-bond donors (Lipinski definition) is 1. The number of aryl methyl sites for hydroxylation is 2. The summed E-state index contributed by atoms with van der Waals surface area (Å²) in [6.45, 7) is 8.90. The molecule has 1 aliphatic heterocycles. The van der Waals surface area contributed by atoms with Crippen LogP contribution in [0.4, 0.5) is 5.82 Å². The molecule has 1 N–H and O–H groups in total. The summed E-state index contributed by atoms with van der Waals surface area (Å²) in [7, 11) is 0. The van der Waals surface area contributed by atoms with E-state index in [1.165, 1.54) is 12.8 Å². The first kappa shape index (κ1) is 20.8. The van der Waals surface area contributed by atoms with Gasteiger partial charge in [0, 0.05) is 44.3 Å². The summed E-state index contributed by atoms with van der Waals surface area (Å²) in [5.41, 5.74) is 2.05. The molecular weight excluding hydrogens is 410 g/mol. The standard InChI is InChI=1S/C22H31N7OS/c1-3-29-14-16(13-23-29)12-19-26-21(20-22(27-19)31-15(2)24-20)25-17-4-6-18(7-5-17)28-8-10-30-11-9-28/h13-14,17-18H,3-12H2,1-2H3,(H,25,26,27). The van der Waals surface area contributed by atoms with Crippen molar-refractivity contribution in [3.63, 3.8) is 0 Å². The highest BCUT2D eigenvalue weighted by Crippen LogP contribution is 2.30. The van der Waals surface area contributed by atoms with E-state index in [-0.39, 0.29) is 0 Å². The third-order valence-corrected chi connectivity index (χ3v) is 7.25. The number of thiazole rings is 1. The van der Waals surface area contributed by atoms with Gasteiger partial charge in [0.2, 0.25) is 0 Å². The van der Waals surface area contributed by atoms with Crippen molar-refractivity contribution in [2.24, 2.45) is 0 Å². The van der Waals surface area contributed by atoms with Gasteiger partial charge in [-0.3, -0.25) is 9.58 Å². The molecule has 1 saturated carbocycles. The fourth-order valence-corrected chi connectivity index (χ4v) is 5.53. The second-order valence-corrected chi connectivity index (χ2v) is 9.74. The van der Waals surface area contributed by atoms with E-state index in [0.29, 0.717) is 18.5 Å². The largest absolute Gasteiger partial charge is 0.379 e. The molecule has 9 heteroatoms. The van der Waals surface area contributed by atoms with Gasteiger partial charge in [0.05, 0.1) is 24.4 Å². The highest BCUT2D eigenvalue weighted by atomic mass is 32.1. The van der Waals surface area contributed by atoms with E-state index in [2.05, 4.69) is 28.4 Å². The van der Waals surface area contributed by atoms with Gasteiger partial charge in [0.25, 0.3) is 0 Å². The van der Waals surface area contributed by atoms with Crippen LogP contribution in [0.15, 0.2) is 12.4 Å². The molecule has 3 aromatic heterocycles. The predicted octanol–water partition coefficient (Wildman–Crippen LogP) is 3.26. The zero-order chi connectivity index (χ0) is 21.2. The second-order valence-electron chi connectivity index (χ2n) is 8.55. The molecule has 0 bridgehead atoms. The van der Waals surface area contributed by atoms with Gasteiger partial charge in [-0.05, 0) is 45.1 Å². The van der Waals surface area contributed by atoms with E-state index in [0.717, 1.165) is 78.3 Å². The van der Waals surface area contributed by atoms with Gasteiger partial charge in [-0.15, -0.1) is 0 Å². The lowest BCUT2D eigenvalue weighted by Crippen LogP contribution is -2.46. The molecule has 2 fully saturated rings. The minimum atomic E-state index is 0.438. The number of aromatic nitrogens is 5. The van der Waals surface area contributed by atoms with Crippen LogP contribution in [0.3, 0.4) is 0 Å². The highest BCUT2D eigenvalue weighted by molar-refractivity contribution is 7.18. The van der Waals surface area contributed by atoms with E-state index in [9.17, 15) is 0 Å². The maximum absolute atomic E-state index is 5.52. The Labute approximate surface area is 187 Å². The Morgan fingerprint density at radius 3 is 2.68 bits per heavy atom. The Balaban J connectivity index is 1.30. The van der Waals surface area contributed by atoms with Gasteiger partial charge in [-0.2, -0.15) is 5.10 Å². The monoisotopic (exact) mass is 441 g/mol. The van der Waals surface area contributed by atoms with Crippen LogP contribution in [0.1, 0.15) is 49.0 Å². The van der Waals surface area contributed by atoms with Gasteiger partial charge in [0.15, 0.2) is 5.82 Å². The summed E-state index contributed by atoms with van der Waals surface area (Å²) >= 11 is 1.64. The smallest absolute Gasteiger partial charge is 0.157 e. The van der Waals surface area contributed by atoms with Crippen LogP contribution in [0.5, 0.6) is 0 Å². The SMILES string of the molecule is CCn1cc(Cc2nc(NC3CCC(N4CCOCC4)CC3)c3nc(C)sc3n2)cn1. The lowest BCUT2D eigenvalue weighted by Gasteiger charge is -2.39. The minimum Gasteiger partial charge on any atom is -0.379 e. The summed E-state index contributed by atoms with van der Waals surface area (Å²) in [5.74, 6) is 1.72. The molecule has 2 aliphatic rings. The fraction of sp³-hybridized carbons (Fsp3) is 0.636. The van der Waals surface area contributed by atoms with Crippen molar-refractivity contribution in [2.45, 2.75) is 64.6 Å². The Bertz CT molecular complexity index is 1020. The molecule has 1 saturated heterocycles. The average molecular weight is 442 g/mol. The molecule has 5 rings (SSSR count). The summed E-state index contributed by atoms with van der Waals surface area (Å²) in [4.78, 5) is 18.0. The number of nitrogens with one attached hydrogen (secondary N) is 1. The van der Waals surface area contributed by atoms with E-state index in [4.69, 9.17) is 19.7 Å². The van der Waals surface area contributed by atoms with Crippen molar-refractivity contribution in [3.05, 3.63) is 28.8 Å². The molecule has 31 heavy (non-hydrogen) atoms. The number of ether oxygens (including phenoxy) is 1. The molecule has 0 aromatic carbocycles. The summed E-state index contributed by atoms with van der Waals surface area (Å²) in [5, 5.41) is 9.14. The van der Waals surface area contributed by atoms with Crippen LogP contribution in [-0.2, 0) is 17.7 Å². The van der Waals surface area contributed by atoms with Crippen molar-refractivity contribution < 1.29 is 4.74 Å². The van der Waals surface area contributed by atoms with Crippen molar-refractivity contribution in [2.75, 3.05) is 31.6 Å². The summed E-state index contributed by atoms with van der Waals surface area (Å²) in [6.07, 6.45) is 9.45. The maximum Gasteiger partial charge on any atom is 0.157 e. The van der Waals surface area contributed by atoms with Crippen LogP contribution >= 0.6 is 11.3 Å². The second kappa shape index (κ2) is 9.18. The molecule has 0 amide bonds. The van der Waals surface area contributed by atoms with Crippen molar-refractivity contribution >= 4 is 27.5 Å². The van der Waals surface area contributed by atoms with Crippen LogP contribution in [-0.4, -0.2) is 68.0 Å². The predicted molar refractivity (Wildman–Crippen MR) is 123 cm³/mol. The zero-order valence-electron chi connectivity index (χ0n) is 18.4. The van der Waals surface area contributed by atoms with Crippen molar-refractivity contribution in [1.82, 2.24) is 29.6 Å². The van der Waals surface area contributed by atoms with Gasteiger partial charge in [-0.25, -0.2) is 15.0 Å². The van der Waals surface area contributed by atoms with Crippen molar-refractivity contribution in [1.29, 1.82) is 0 Å². The molecule has 3 aromatic rings. The zero-order valence-corrected chi connectivity index (χ0v) is 19.2. The Kier molecular flexibility index (Phi) is 6.15. The van der Waals surface area contributed by atoms with E-state index in [1.807, 2.05) is 17.8 Å². The Hall–Kier alpha value is -2.10. The van der Waals surface area contributed by atoms with E-state index in [1.54, 1.807) is 11.3 Å². The van der Waals surface area contributed by atoms with Crippen LogP contribution in [0.25, 0.3) is 10.3 Å². The Morgan fingerprint density at radius 2 is 1.94 bits per heavy atom. The molecule has 166 valence electrons. The fourth-order valence-electron chi connectivity index (χ4n) is 4.72. The van der Waals surface area contributed by atoms with Gasteiger partial charge >= 0.3 is 0 Å². The molecule has 1 aliphatic carbocycles. The molecule has 8 nitrogen and oxygen atoms in total. The van der Waals surface area contributed by atoms with Gasteiger partial charge < -0.3 is 10.1 Å². The van der Waals surface area contributed by atoms with Gasteiger partial charge in [-0.1, -0.05) is 11.3 Å². The first-order valence-corrected chi connectivity index (χ1v) is 12.2. The number of fused-ring (bicyclic) bond motifs is 1. The van der Waals surface area contributed by atoms with E-state index < -0.39 is 0 Å². The number of nitrogens with zero attached hydrogens (tertiary/aromatic N) is 6. The summed E-state index contributed by atoms with van der Waals surface area (Å²) < 4.78 is 7.46. The number of rotatable bonds is 6. The molecular formula is C22H31N7OS. The quantitative estimate of drug-likeness (QED) is 0.629. The topological polar surface area (TPSA) is 81.0 Å². The van der Waals surface area contributed by atoms with Crippen molar-refractivity contribution in [3.8, 4) is 0 Å². The number of hydrogen-bond acceptors (Lipinski definition) is 8. The van der Waals surface area contributed by atoms with Crippen LogP contribution < -0.4 is 5.32 Å². The van der Waals surface area contributed by atoms with Gasteiger partial charge in [0.1, 0.15) is 16.2 Å². The number of morpholine rings is 1. The summed E-state index contributed by atoms with van der Waals surface area (Å²) in [6, 6.07) is 1.13. The Morgan fingerprint density at radius 1 is 1.13 bits per heavy atom. The first-order chi connectivity index (χ1) is 15.2. The van der Waals surface area contributed by atoms with Crippen LogP contribution in [0.2, 0.25) is 0 Å². The number of anilines is 1. The van der Waals surface area contributed by atoms with Crippen LogP contribution in [0, 0.1) is 6.92 Å². The lowest BCUT2D eigenvalue weighted by molar-refractivity contribution is 0.00791.